The number of primary amides is 1. The van der Waals surface area contributed by atoms with Crippen molar-refractivity contribution in [3.05, 3.63) is 121 Å². The highest BCUT2D eigenvalue weighted by molar-refractivity contribution is 5.79. The number of carbonyl (C=O) groups excluding carboxylic acids is 2. The van der Waals surface area contributed by atoms with Crippen LogP contribution in [0.15, 0.2) is 31.9 Å². The van der Waals surface area contributed by atoms with Gasteiger partial charge in [0.05, 0.1) is 6.33 Å². The first kappa shape index (κ1) is 35.1. The number of hydrogen-bond donors (Lipinski definition) is 6. The molecule has 6 heterocycles. The van der Waals surface area contributed by atoms with Gasteiger partial charge in [0, 0.05) is 99.2 Å². The number of nitrogens with one attached hydrogen (secondary N) is 5. The number of aromatic amines is 4. The quantitative estimate of drug-likeness (QED) is 0.112. The van der Waals surface area contributed by atoms with Gasteiger partial charge in [-0.2, -0.15) is 0 Å². The zero-order valence-corrected chi connectivity index (χ0v) is 30.3. The summed E-state index contributed by atoms with van der Waals surface area (Å²) in [6.45, 7) is 20.2. The van der Waals surface area contributed by atoms with Gasteiger partial charge in [0.1, 0.15) is 0 Å². The van der Waals surface area contributed by atoms with Crippen LogP contribution in [0.4, 0.5) is 0 Å². The summed E-state index contributed by atoms with van der Waals surface area (Å²) in [6.07, 6.45) is 18.0. The van der Waals surface area contributed by atoms with Crippen molar-refractivity contribution in [2.75, 3.05) is 6.54 Å². The third-order valence-corrected chi connectivity index (χ3v) is 10.3. The number of nitrogens with zero attached hydrogens (tertiary/aromatic N) is 2. The molecule has 0 aliphatic carbocycles. The van der Waals surface area contributed by atoms with Crippen molar-refractivity contribution in [3.63, 3.8) is 0 Å². The number of imidazole rings is 1. The Morgan fingerprint density at radius 2 is 1.53 bits per heavy atom. The first-order valence-electron chi connectivity index (χ1n) is 17.5. The van der Waals surface area contributed by atoms with E-state index in [9.17, 15) is 9.59 Å². The van der Waals surface area contributed by atoms with E-state index in [0.717, 1.165) is 107 Å². The minimum Gasteiger partial charge on any atom is -0.370 e. The van der Waals surface area contributed by atoms with Crippen LogP contribution in [0.3, 0.4) is 0 Å². The number of amides is 2. The molecule has 0 saturated heterocycles. The highest BCUT2D eigenvalue weighted by Crippen LogP contribution is 2.27. The van der Waals surface area contributed by atoms with Crippen molar-refractivity contribution in [2.24, 2.45) is 5.73 Å². The lowest BCUT2D eigenvalue weighted by atomic mass is 9.99. The highest BCUT2D eigenvalue weighted by Gasteiger charge is 2.19. The van der Waals surface area contributed by atoms with Crippen LogP contribution in [-0.4, -0.2) is 47.8 Å². The molecule has 8 bridgehead atoms. The number of carbonyl (C=O) groups is 2. The lowest BCUT2D eigenvalue weighted by molar-refractivity contribution is -0.121. The molecule has 5 aromatic heterocycles. The number of H-pyrrole nitrogens is 4. The molecule has 6 rings (SSSR count). The maximum Gasteiger partial charge on any atom is 0.220 e. The average molecular weight is 685 g/mol. The lowest BCUT2D eigenvalue weighted by Crippen LogP contribution is -2.26. The van der Waals surface area contributed by atoms with Crippen LogP contribution in [-0.2, 0) is 22.6 Å². The Labute approximate surface area is 297 Å². The fourth-order valence-electron chi connectivity index (χ4n) is 7.20. The molecule has 7 N–H and O–H groups in total. The molecule has 10 nitrogen and oxygen atoms in total. The summed E-state index contributed by atoms with van der Waals surface area (Å²) < 4.78 is 2.01. The van der Waals surface area contributed by atoms with E-state index in [-0.39, 0.29) is 18.2 Å². The summed E-state index contributed by atoms with van der Waals surface area (Å²) >= 11 is 0. The van der Waals surface area contributed by atoms with Gasteiger partial charge in [0.25, 0.3) is 0 Å². The van der Waals surface area contributed by atoms with Crippen LogP contribution in [0.1, 0.15) is 93.0 Å². The number of fused-ring (bicyclic) bond motifs is 8. The molecular weight excluding hydrogens is 637 g/mol. The molecule has 264 valence electrons. The third-order valence-electron chi connectivity index (χ3n) is 10.3. The molecule has 0 saturated carbocycles. The minimum atomic E-state index is -0.355. The minimum absolute atomic E-state index is 0.0208. The molecular formula is C41H48N8O2. The van der Waals surface area contributed by atoms with Gasteiger partial charge in [-0.1, -0.05) is 25.3 Å². The van der Waals surface area contributed by atoms with Crippen LogP contribution >= 0.6 is 0 Å². The lowest BCUT2D eigenvalue weighted by Gasteiger charge is -2.07. The zero-order chi connectivity index (χ0) is 36.4. The predicted octanol–water partition coefficient (Wildman–Crippen LogP) is 3.43. The Bertz CT molecular complexity index is 2410. The maximum absolute atomic E-state index is 13.0. The number of nitrogens with two attached hydrogens (primary N) is 1. The predicted molar refractivity (Wildman–Crippen MR) is 205 cm³/mol. The molecule has 1 aliphatic heterocycles. The number of aromatic nitrogens is 6. The number of aryl methyl sites for hydroxylation is 1. The van der Waals surface area contributed by atoms with E-state index in [2.05, 4.69) is 96.2 Å². The smallest absolute Gasteiger partial charge is 0.220 e. The average Bonchev–Trinajstić information content (AvgIpc) is 3.90. The third kappa shape index (κ3) is 6.99. The Balaban J connectivity index is 1.51. The molecule has 0 atom stereocenters. The number of rotatable bonds is 12. The monoisotopic (exact) mass is 684 g/mol. The Morgan fingerprint density at radius 3 is 2.24 bits per heavy atom. The van der Waals surface area contributed by atoms with Crippen LogP contribution in [0.25, 0.3) is 36.0 Å². The van der Waals surface area contributed by atoms with Gasteiger partial charge in [-0.15, -0.1) is 0 Å². The van der Waals surface area contributed by atoms with Crippen LogP contribution in [0.5, 0.6) is 0 Å². The molecule has 51 heavy (non-hydrogen) atoms. The molecule has 0 spiro atoms. The van der Waals surface area contributed by atoms with E-state index in [4.69, 9.17) is 5.73 Å². The second-order valence-electron chi connectivity index (χ2n) is 13.5. The van der Waals surface area contributed by atoms with Crippen molar-refractivity contribution in [2.45, 2.75) is 73.3 Å². The SMILES string of the molecule is C=Cc1c2[nH]c(c1C)C=c1[nH]c(c(C)c1C=C)=C(CCC(N)=O)c1[nH]c(c(C)c1C)C=c1[nH]c(c(C)c1CCC(=O)NCCCn1ccnc1)=C2. The molecule has 5 aromatic rings. The fourth-order valence-corrected chi connectivity index (χ4v) is 7.20. The van der Waals surface area contributed by atoms with Crippen molar-refractivity contribution in [1.82, 2.24) is 34.8 Å². The maximum atomic E-state index is 13.0. The van der Waals surface area contributed by atoms with Gasteiger partial charge < -0.3 is 35.6 Å². The van der Waals surface area contributed by atoms with Crippen molar-refractivity contribution in [3.8, 4) is 0 Å². The van der Waals surface area contributed by atoms with E-state index in [1.165, 1.54) is 0 Å². The van der Waals surface area contributed by atoms with E-state index in [1.807, 2.05) is 22.9 Å². The van der Waals surface area contributed by atoms with Gasteiger partial charge in [0.15, 0.2) is 0 Å². The summed E-state index contributed by atoms with van der Waals surface area (Å²) in [5.74, 6) is -0.334. The first-order chi connectivity index (χ1) is 24.5. The van der Waals surface area contributed by atoms with Gasteiger partial charge >= 0.3 is 0 Å². The standard InChI is InChI=1S/C41H48N8O2/c1-8-28-25(5)33-21-36-29(9-2)27(7)41(48-36)31(11-13-38(42)50)40-24(4)23(3)32(47-40)19-37-30(26(6)34(46-37)20-35(28)45-33)12-14-39(51)44-15-10-17-49-18-16-43-22-49/h8-9,16,18-22,45-48H,1-2,10-15,17H2,3-7H3,(H2,42,50)(H,44,51). The molecule has 0 aromatic carbocycles. The van der Waals surface area contributed by atoms with Gasteiger partial charge in [-0.3, -0.25) is 9.59 Å². The van der Waals surface area contributed by atoms with Gasteiger partial charge in [0.2, 0.25) is 11.8 Å². The fraction of sp³-hybridized carbons (Fsp3) is 0.293. The normalized spacial score (nSPS) is 12.2. The number of hydrogen-bond acceptors (Lipinski definition) is 3. The molecule has 1 aliphatic rings. The second kappa shape index (κ2) is 14.6. The van der Waals surface area contributed by atoms with Crippen LogP contribution in [0, 0.1) is 34.6 Å². The van der Waals surface area contributed by atoms with Gasteiger partial charge in [-0.25, -0.2) is 4.98 Å². The molecule has 10 heteroatoms. The summed E-state index contributed by atoms with van der Waals surface area (Å²) in [5, 5.41) is 6.84. The largest absolute Gasteiger partial charge is 0.370 e. The molecule has 0 fully saturated rings. The first-order valence-corrected chi connectivity index (χ1v) is 17.5. The van der Waals surface area contributed by atoms with E-state index < -0.39 is 0 Å². The summed E-state index contributed by atoms with van der Waals surface area (Å²) in [5.41, 5.74) is 19.0. The van der Waals surface area contributed by atoms with E-state index >= 15 is 0 Å². The van der Waals surface area contributed by atoms with E-state index in [0.29, 0.717) is 25.8 Å². The van der Waals surface area contributed by atoms with Crippen LogP contribution < -0.4 is 32.4 Å². The van der Waals surface area contributed by atoms with Crippen molar-refractivity contribution < 1.29 is 9.59 Å². The van der Waals surface area contributed by atoms with Crippen molar-refractivity contribution >= 4 is 47.8 Å². The Morgan fingerprint density at radius 1 is 0.804 bits per heavy atom. The van der Waals surface area contributed by atoms with Crippen LogP contribution in [0.2, 0.25) is 0 Å². The Kier molecular flexibility index (Phi) is 10.0. The molecule has 0 unspecified atom stereocenters. The van der Waals surface area contributed by atoms with E-state index in [1.54, 1.807) is 12.5 Å². The zero-order valence-electron chi connectivity index (χ0n) is 30.3. The summed E-state index contributed by atoms with van der Waals surface area (Å²) in [7, 11) is 0. The summed E-state index contributed by atoms with van der Waals surface area (Å²) in [6, 6.07) is 0. The Hall–Kier alpha value is -5.77. The second-order valence-corrected chi connectivity index (χ2v) is 13.5. The molecule has 0 radical (unpaired) electrons. The van der Waals surface area contributed by atoms with Crippen molar-refractivity contribution in [1.29, 1.82) is 0 Å². The topological polar surface area (TPSA) is 153 Å². The highest BCUT2D eigenvalue weighted by atomic mass is 16.1. The van der Waals surface area contributed by atoms with Gasteiger partial charge in [-0.05, 0) is 105 Å². The summed E-state index contributed by atoms with van der Waals surface area (Å²) in [4.78, 5) is 44.0. The molecule has 2 amide bonds.